The van der Waals surface area contributed by atoms with Crippen molar-refractivity contribution in [2.24, 2.45) is 5.92 Å². The first kappa shape index (κ1) is 15.3. The highest BCUT2D eigenvalue weighted by molar-refractivity contribution is 5.38. The highest BCUT2D eigenvalue weighted by atomic mass is 15.3. The lowest BCUT2D eigenvalue weighted by Gasteiger charge is -2.35. The molecule has 0 aromatic carbocycles. The molecule has 1 aromatic heterocycles. The van der Waals surface area contributed by atoms with E-state index < -0.39 is 0 Å². The molecule has 2 heterocycles. The van der Waals surface area contributed by atoms with Gasteiger partial charge in [-0.3, -0.25) is 4.90 Å². The van der Waals surface area contributed by atoms with Gasteiger partial charge in [0.25, 0.3) is 0 Å². The van der Waals surface area contributed by atoms with Crippen LogP contribution in [-0.4, -0.2) is 55.7 Å². The van der Waals surface area contributed by atoms with E-state index in [1.165, 1.54) is 6.42 Å². The van der Waals surface area contributed by atoms with E-state index in [4.69, 9.17) is 0 Å². The molecule has 0 saturated carbocycles. The topological polar surface area (TPSA) is 31.4 Å². The molecular weight excluding hydrogens is 248 g/mol. The summed E-state index contributed by atoms with van der Waals surface area (Å²) in [5.41, 5.74) is 0. The molecule has 1 aliphatic rings. The van der Waals surface area contributed by atoms with Crippen molar-refractivity contribution >= 4 is 5.82 Å². The molecule has 1 aliphatic heterocycles. The minimum atomic E-state index is 0.796. The zero-order valence-electron chi connectivity index (χ0n) is 12.9. The van der Waals surface area contributed by atoms with Crippen molar-refractivity contribution in [3.63, 3.8) is 0 Å². The molecule has 4 heteroatoms. The minimum absolute atomic E-state index is 0.796. The SMILES string of the molecule is CC(C)CCNCCN1CCN(c2ccccn2)CC1. The summed E-state index contributed by atoms with van der Waals surface area (Å²) in [6, 6.07) is 6.14. The van der Waals surface area contributed by atoms with Crippen LogP contribution in [-0.2, 0) is 0 Å². The van der Waals surface area contributed by atoms with Crippen LogP contribution >= 0.6 is 0 Å². The van der Waals surface area contributed by atoms with Crippen LogP contribution in [0.2, 0.25) is 0 Å². The van der Waals surface area contributed by atoms with E-state index in [9.17, 15) is 0 Å². The van der Waals surface area contributed by atoms with Gasteiger partial charge in [0.05, 0.1) is 0 Å². The van der Waals surface area contributed by atoms with Gasteiger partial charge in [0.15, 0.2) is 0 Å². The van der Waals surface area contributed by atoms with E-state index in [-0.39, 0.29) is 0 Å². The van der Waals surface area contributed by atoms with Crippen LogP contribution < -0.4 is 10.2 Å². The Kier molecular flexibility index (Phi) is 6.27. The van der Waals surface area contributed by atoms with Crippen molar-refractivity contribution in [3.05, 3.63) is 24.4 Å². The smallest absolute Gasteiger partial charge is 0.128 e. The lowest BCUT2D eigenvalue weighted by atomic mass is 10.1. The number of rotatable bonds is 7. The zero-order chi connectivity index (χ0) is 14.2. The van der Waals surface area contributed by atoms with Gasteiger partial charge >= 0.3 is 0 Å². The van der Waals surface area contributed by atoms with E-state index in [0.29, 0.717) is 0 Å². The Balaban J connectivity index is 1.60. The van der Waals surface area contributed by atoms with Crippen molar-refractivity contribution < 1.29 is 0 Å². The predicted octanol–water partition coefficient (Wildman–Crippen LogP) is 1.84. The highest BCUT2D eigenvalue weighted by Gasteiger charge is 2.16. The van der Waals surface area contributed by atoms with Gasteiger partial charge in [-0.2, -0.15) is 0 Å². The van der Waals surface area contributed by atoms with Crippen molar-refractivity contribution in [3.8, 4) is 0 Å². The summed E-state index contributed by atoms with van der Waals surface area (Å²) in [5.74, 6) is 1.91. The molecule has 1 fully saturated rings. The number of pyridine rings is 1. The van der Waals surface area contributed by atoms with Gasteiger partial charge in [-0.25, -0.2) is 4.98 Å². The summed E-state index contributed by atoms with van der Waals surface area (Å²) in [6.07, 6.45) is 3.15. The van der Waals surface area contributed by atoms with Gasteiger partial charge in [0, 0.05) is 45.5 Å². The fraction of sp³-hybridized carbons (Fsp3) is 0.688. The average molecular weight is 276 g/mol. The molecule has 0 aliphatic carbocycles. The zero-order valence-corrected chi connectivity index (χ0v) is 12.9. The van der Waals surface area contributed by atoms with Gasteiger partial charge in [-0.05, 0) is 31.0 Å². The van der Waals surface area contributed by atoms with Crippen LogP contribution in [0.1, 0.15) is 20.3 Å². The summed E-state index contributed by atoms with van der Waals surface area (Å²) in [6.45, 7) is 12.4. The number of anilines is 1. The van der Waals surface area contributed by atoms with Crippen molar-refractivity contribution in [2.45, 2.75) is 20.3 Å². The number of nitrogens with zero attached hydrogens (tertiary/aromatic N) is 3. The van der Waals surface area contributed by atoms with Crippen LogP contribution in [0.4, 0.5) is 5.82 Å². The standard InChI is InChI=1S/C16H28N4/c1-15(2)6-8-17-9-10-19-11-13-20(14-12-19)16-5-3-4-7-18-16/h3-5,7,15,17H,6,8-14H2,1-2H3. The van der Waals surface area contributed by atoms with Crippen LogP contribution in [0, 0.1) is 5.92 Å². The van der Waals surface area contributed by atoms with Gasteiger partial charge in [0.1, 0.15) is 5.82 Å². The molecule has 2 rings (SSSR count). The fourth-order valence-corrected chi connectivity index (χ4v) is 2.49. The molecule has 0 bridgehead atoms. The first-order valence-electron chi connectivity index (χ1n) is 7.85. The van der Waals surface area contributed by atoms with E-state index in [0.717, 1.165) is 57.5 Å². The van der Waals surface area contributed by atoms with Crippen LogP contribution in [0.3, 0.4) is 0 Å². The molecule has 1 N–H and O–H groups in total. The molecule has 0 radical (unpaired) electrons. The Hall–Kier alpha value is -1.13. The minimum Gasteiger partial charge on any atom is -0.354 e. The highest BCUT2D eigenvalue weighted by Crippen LogP contribution is 2.11. The van der Waals surface area contributed by atoms with E-state index in [2.05, 4.69) is 46.1 Å². The second-order valence-electron chi connectivity index (χ2n) is 5.95. The maximum Gasteiger partial charge on any atom is 0.128 e. The number of hydrogen-bond acceptors (Lipinski definition) is 4. The van der Waals surface area contributed by atoms with E-state index in [1.807, 2.05) is 12.3 Å². The largest absolute Gasteiger partial charge is 0.354 e. The molecule has 1 aromatic rings. The summed E-state index contributed by atoms with van der Waals surface area (Å²) in [7, 11) is 0. The van der Waals surface area contributed by atoms with Crippen LogP contribution in [0.15, 0.2) is 24.4 Å². The third-order valence-corrected chi connectivity index (χ3v) is 3.85. The molecule has 0 amide bonds. The number of aromatic nitrogens is 1. The normalized spacial score (nSPS) is 16.9. The van der Waals surface area contributed by atoms with Crippen LogP contribution in [0.25, 0.3) is 0 Å². The summed E-state index contributed by atoms with van der Waals surface area (Å²) in [4.78, 5) is 9.35. The Morgan fingerprint density at radius 2 is 1.95 bits per heavy atom. The third-order valence-electron chi connectivity index (χ3n) is 3.85. The van der Waals surface area contributed by atoms with E-state index in [1.54, 1.807) is 0 Å². The Labute approximate surface area is 123 Å². The summed E-state index contributed by atoms with van der Waals surface area (Å²) in [5, 5.41) is 3.54. The van der Waals surface area contributed by atoms with Gasteiger partial charge in [-0.15, -0.1) is 0 Å². The number of hydrogen-bond donors (Lipinski definition) is 1. The molecule has 0 atom stereocenters. The third kappa shape index (κ3) is 5.10. The first-order valence-corrected chi connectivity index (χ1v) is 7.85. The Bertz CT molecular complexity index is 358. The molecule has 112 valence electrons. The van der Waals surface area contributed by atoms with E-state index >= 15 is 0 Å². The van der Waals surface area contributed by atoms with Crippen molar-refractivity contribution in [1.82, 2.24) is 15.2 Å². The van der Waals surface area contributed by atoms with Gasteiger partial charge in [0.2, 0.25) is 0 Å². The summed E-state index contributed by atoms with van der Waals surface area (Å²) < 4.78 is 0. The molecule has 4 nitrogen and oxygen atoms in total. The average Bonchev–Trinajstić information content (AvgIpc) is 2.48. The molecule has 0 unspecified atom stereocenters. The predicted molar refractivity (Wildman–Crippen MR) is 85.2 cm³/mol. The molecule has 0 spiro atoms. The second kappa shape index (κ2) is 8.22. The lowest BCUT2D eigenvalue weighted by Crippen LogP contribution is -2.48. The first-order chi connectivity index (χ1) is 9.75. The molecule has 1 saturated heterocycles. The maximum atomic E-state index is 4.43. The number of nitrogens with one attached hydrogen (secondary N) is 1. The van der Waals surface area contributed by atoms with Gasteiger partial charge < -0.3 is 10.2 Å². The molecule has 20 heavy (non-hydrogen) atoms. The summed E-state index contributed by atoms with van der Waals surface area (Å²) >= 11 is 0. The fourth-order valence-electron chi connectivity index (χ4n) is 2.49. The quantitative estimate of drug-likeness (QED) is 0.770. The molecular formula is C16H28N4. The second-order valence-corrected chi connectivity index (χ2v) is 5.95. The Morgan fingerprint density at radius 1 is 1.15 bits per heavy atom. The van der Waals surface area contributed by atoms with Crippen molar-refractivity contribution in [2.75, 3.05) is 50.7 Å². The van der Waals surface area contributed by atoms with Crippen LogP contribution in [0.5, 0.6) is 0 Å². The number of piperazine rings is 1. The monoisotopic (exact) mass is 276 g/mol. The van der Waals surface area contributed by atoms with Crippen molar-refractivity contribution in [1.29, 1.82) is 0 Å². The Morgan fingerprint density at radius 3 is 2.60 bits per heavy atom. The van der Waals surface area contributed by atoms with Gasteiger partial charge in [-0.1, -0.05) is 19.9 Å². The maximum absolute atomic E-state index is 4.43. The lowest BCUT2D eigenvalue weighted by molar-refractivity contribution is 0.256.